The first-order valence-corrected chi connectivity index (χ1v) is 10.7. The third kappa shape index (κ3) is 3.81. The molecule has 4 nitrogen and oxygen atoms in total. The molecular formula is C25H30N2O2. The molecule has 4 heteroatoms. The summed E-state index contributed by atoms with van der Waals surface area (Å²) in [5, 5.41) is 0. The monoisotopic (exact) mass is 390 g/mol. The van der Waals surface area contributed by atoms with E-state index in [-0.39, 0.29) is 17.2 Å². The first-order valence-electron chi connectivity index (χ1n) is 10.7. The van der Waals surface area contributed by atoms with Gasteiger partial charge in [-0.15, -0.1) is 0 Å². The highest BCUT2D eigenvalue weighted by molar-refractivity contribution is 5.94. The Morgan fingerprint density at radius 2 is 1.41 bits per heavy atom. The molecule has 2 amide bonds. The lowest BCUT2D eigenvalue weighted by Crippen LogP contribution is -2.55. The van der Waals surface area contributed by atoms with Gasteiger partial charge in [0.15, 0.2) is 0 Å². The molecule has 0 unspecified atom stereocenters. The minimum Gasteiger partial charge on any atom is -0.338 e. The third-order valence-electron chi connectivity index (χ3n) is 6.59. The van der Waals surface area contributed by atoms with Crippen LogP contribution in [0.3, 0.4) is 0 Å². The summed E-state index contributed by atoms with van der Waals surface area (Å²) in [6.45, 7) is 6.54. The van der Waals surface area contributed by atoms with Gasteiger partial charge in [-0.1, -0.05) is 60.4 Å². The highest BCUT2D eigenvalue weighted by Gasteiger charge is 2.45. The lowest BCUT2D eigenvalue weighted by Gasteiger charge is -2.40. The van der Waals surface area contributed by atoms with Crippen LogP contribution >= 0.6 is 0 Å². The fraction of sp³-hybridized carbons (Fsp3) is 0.440. The smallest absolute Gasteiger partial charge is 0.253 e. The molecule has 2 fully saturated rings. The molecule has 1 saturated heterocycles. The van der Waals surface area contributed by atoms with E-state index in [1.807, 2.05) is 41.0 Å². The molecule has 4 rings (SSSR count). The third-order valence-corrected chi connectivity index (χ3v) is 6.59. The number of amides is 2. The van der Waals surface area contributed by atoms with Gasteiger partial charge in [0, 0.05) is 31.7 Å². The summed E-state index contributed by atoms with van der Waals surface area (Å²) in [7, 11) is 0. The van der Waals surface area contributed by atoms with E-state index >= 15 is 0 Å². The summed E-state index contributed by atoms with van der Waals surface area (Å²) in [6.07, 6.45) is 4.06. The molecule has 0 aromatic heterocycles. The minimum atomic E-state index is -0.380. The van der Waals surface area contributed by atoms with Crippen molar-refractivity contribution < 1.29 is 9.59 Å². The second-order valence-corrected chi connectivity index (χ2v) is 8.61. The maximum absolute atomic E-state index is 13.6. The van der Waals surface area contributed by atoms with Crippen molar-refractivity contribution in [1.29, 1.82) is 0 Å². The van der Waals surface area contributed by atoms with Crippen molar-refractivity contribution in [3.63, 3.8) is 0 Å². The van der Waals surface area contributed by atoms with Gasteiger partial charge < -0.3 is 9.80 Å². The summed E-state index contributed by atoms with van der Waals surface area (Å²) in [6, 6.07) is 16.2. The van der Waals surface area contributed by atoms with Crippen molar-refractivity contribution in [3.05, 3.63) is 70.8 Å². The van der Waals surface area contributed by atoms with Crippen molar-refractivity contribution in [1.82, 2.24) is 9.80 Å². The Labute approximate surface area is 173 Å². The molecule has 1 heterocycles. The Hall–Kier alpha value is -2.62. The molecule has 0 spiro atoms. The van der Waals surface area contributed by atoms with Gasteiger partial charge in [0.2, 0.25) is 5.91 Å². The molecule has 0 radical (unpaired) electrons. The number of carbonyl (C=O) groups excluding carboxylic acids is 2. The lowest BCUT2D eigenvalue weighted by atomic mass is 9.77. The fourth-order valence-electron chi connectivity index (χ4n) is 4.84. The molecule has 0 atom stereocenters. The van der Waals surface area contributed by atoms with Crippen LogP contribution in [-0.2, 0) is 10.2 Å². The van der Waals surface area contributed by atoms with Gasteiger partial charge in [0.25, 0.3) is 5.91 Å². The maximum Gasteiger partial charge on any atom is 0.253 e. The zero-order valence-electron chi connectivity index (χ0n) is 17.5. The van der Waals surface area contributed by atoms with E-state index in [1.165, 1.54) is 5.56 Å². The Bertz CT molecular complexity index is 889. The Balaban J connectivity index is 1.46. The minimum absolute atomic E-state index is 0.0614. The molecule has 2 aliphatic rings. The normalized spacial score (nSPS) is 18.7. The average Bonchev–Trinajstić information content (AvgIpc) is 3.25. The first kappa shape index (κ1) is 19.7. The first-order chi connectivity index (χ1) is 14.0. The zero-order chi connectivity index (χ0) is 20.4. The van der Waals surface area contributed by atoms with Gasteiger partial charge in [-0.05, 0) is 44.4 Å². The van der Waals surface area contributed by atoms with E-state index in [2.05, 4.69) is 31.2 Å². The molecule has 0 bridgehead atoms. The highest BCUT2D eigenvalue weighted by Crippen LogP contribution is 2.43. The zero-order valence-corrected chi connectivity index (χ0v) is 17.5. The van der Waals surface area contributed by atoms with Crippen molar-refractivity contribution >= 4 is 11.8 Å². The molecule has 29 heavy (non-hydrogen) atoms. The van der Waals surface area contributed by atoms with Crippen LogP contribution in [0.1, 0.15) is 52.7 Å². The second kappa shape index (κ2) is 8.02. The van der Waals surface area contributed by atoms with E-state index < -0.39 is 0 Å². The molecule has 2 aromatic rings. The maximum atomic E-state index is 13.6. The number of nitrogens with zero attached hydrogens (tertiary/aromatic N) is 2. The summed E-state index contributed by atoms with van der Waals surface area (Å²) >= 11 is 0. The number of piperazine rings is 1. The number of hydrogen-bond donors (Lipinski definition) is 0. The second-order valence-electron chi connectivity index (χ2n) is 8.61. The Morgan fingerprint density at radius 3 is 2.03 bits per heavy atom. The number of benzene rings is 2. The van der Waals surface area contributed by atoms with Crippen LogP contribution < -0.4 is 0 Å². The molecule has 1 saturated carbocycles. The van der Waals surface area contributed by atoms with Crippen LogP contribution in [0, 0.1) is 13.8 Å². The van der Waals surface area contributed by atoms with Crippen molar-refractivity contribution in [3.8, 4) is 0 Å². The number of aryl methyl sites for hydroxylation is 2. The number of rotatable bonds is 3. The van der Waals surface area contributed by atoms with Crippen molar-refractivity contribution in [2.24, 2.45) is 0 Å². The molecule has 0 N–H and O–H groups in total. The molecule has 152 valence electrons. The predicted octanol–water partition coefficient (Wildman–Crippen LogP) is 4.10. The topological polar surface area (TPSA) is 40.6 Å². The van der Waals surface area contributed by atoms with Gasteiger partial charge in [0.05, 0.1) is 5.41 Å². The van der Waals surface area contributed by atoms with E-state index in [0.717, 1.165) is 42.4 Å². The summed E-state index contributed by atoms with van der Waals surface area (Å²) in [5.41, 5.74) is 3.86. The molecule has 1 aliphatic heterocycles. The Morgan fingerprint density at radius 1 is 0.793 bits per heavy atom. The van der Waals surface area contributed by atoms with Crippen molar-refractivity contribution in [2.75, 3.05) is 26.2 Å². The van der Waals surface area contributed by atoms with E-state index in [1.54, 1.807) is 0 Å². The highest BCUT2D eigenvalue weighted by atomic mass is 16.2. The van der Waals surface area contributed by atoms with E-state index in [9.17, 15) is 9.59 Å². The Kier molecular flexibility index (Phi) is 5.44. The van der Waals surface area contributed by atoms with Crippen LogP contribution in [0.5, 0.6) is 0 Å². The number of hydrogen-bond acceptors (Lipinski definition) is 2. The van der Waals surface area contributed by atoms with Crippen LogP contribution in [-0.4, -0.2) is 47.8 Å². The molecular weight excluding hydrogens is 360 g/mol. The standard InChI is InChI=1S/C25H30N2O2/c1-19-8-10-21(11-9-19)23(28)26-14-16-27(17-15-26)24(29)25(12-3-4-13-25)22-7-5-6-20(2)18-22/h5-11,18H,3-4,12-17H2,1-2H3. The van der Waals surface area contributed by atoms with E-state index in [4.69, 9.17) is 0 Å². The van der Waals surface area contributed by atoms with Gasteiger partial charge in [-0.3, -0.25) is 9.59 Å². The van der Waals surface area contributed by atoms with Crippen molar-refractivity contribution in [2.45, 2.75) is 44.9 Å². The molecule has 1 aliphatic carbocycles. The summed E-state index contributed by atoms with van der Waals surface area (Å²) < 4.78 is 0. The number of carbonyl (C=O) groups is 2. The van der Waals surface area contributed by atoms with Gasteiger partial charge in [-0.25, -0.2) is 0 Å². The van der Waals surface area contributed by atoms with E-state index in [0.29, 0.717) is 26.2 Å². The SMILES string of the molecule is Cc1ccc(C(=O)N2CCN(C(=O)C3(c4cccc(C)c4)CCCC3)CC2)cc1. The summed E-state index contributed by atoms with van der Waals surface area (Å²) in [5.74, 6) is 0.314. The van der Waals surface area contributed by atoms with Crippen LogP contribution in [0.2, 0.25) is 0 Å². The van der Waals surface area contributed by atoms with Crippen LogP contribution in [0.4, 0.5) is 0 Å². The quantitative estimate of drug-likeness (QED) is 0.792. The molecule has 2 aromatic carbocycles. The van der Waals surface area contributed by atoms with Gasteiger partial charge >= 0.3 is 0 Å². The predicted molar refractivity (Wildman–Crippen MR) is 115 cm³/mol. The van der Waals surface area contributed by atoms with Crippen LogP contribution in [0.15, 0.2) is 48.5 Å². The lowest BCUT2D eigenvalue weighted by molar-refractivity contribution is -0.138. The van der Waals surface area contributed by atoms with Gasteiger partial charge in [-0.2, -0.15) is 0 Å². The van der Waals surface area contributed by atoms with Crippen LogP contribution in [0.25, 0.3) is 0 Å². The summed E-state index contributed by atoms with van der Waals surface area (Å²) in [4.78, 5) is 30.3. The fourth-order valence-corrected chi connectivity index (χ4v) is 4.84. The largest absolute Gasteiger partial charge is 0.338 e. The average molecular weight is 391 g/mol. The van der Waals surface area contributed by atoms with Gasteiger partial charge in [0.1, 0.15) is 0 Å².